The first-order valence-electron chi connectivity index (χ1n) is 6.68. The summed E-state index contributed by atoms with van der Waals surface area (Å²) in [5.74, 6) is 0.220. The lowest BCUT2D eigenvalue weighted by Crippen LogP contribution is -2.08. The molecule has 108 valence electrons. The van der Waals surface area contributed by atoms with Gasteiger partial charge in [-0.25, -0.2) is 4.39 Å². The van der Waals surface area contributed by atoms with E-state index in [1.54, 1.807) is 12.1 Å². The van der Waals surface area contributed by atoms with E-state index in [0.29, 0.717) is 16.9 Å². The number of nitrogens with two attached hydrogens (primary N) is 1. The molecule has 0 saturated heterocycles. The number of aryl methyl sites for hydroxylation is 1. The van der Waals surface area contributed by atoms with Gasteiger partial charge in [-0.05, 0) is 37.6 Å². The molecule has 2 rings (SSSR count). The fourth-order valence-electron chi connectivity index (χ4n) is 2.03. The van der Waals surface area contributed by atoms with Crippen molar-refractivity contribution in [1.29, 1.82) is 5.26 Å². The largest absolute Gasteiger partial charge is 0.488 e. The molecule has 2 N–H and O–H groups in total. The number of halogens is 1. The zero-order valence-electron chi connectivity index (χ0n) is 12.1. The van der Waals surface area contributed by atoms with E-state index in [-0.39, 0.29) is 12.6 Å². The van der Waals surface area contributed by atoms with Crippen LogP contribution >= 0.6 is 0 Å². The molecule has 0 aliphatic carbocycles. The summed E-state index contributed by atoms with van der Waals surface area (Å²) in [4.78, 5) is 0. The molecule has 3 nitrogen and oxygen atoms in total. The van der Waals surface area contributed by atoms with Crippen LogP contribution in [0.2, 0.25) is 0 Å². The summed E-state index contributed by atoms with van der Waals surface area (Å²) in [5.41, 5.74) is 8.55. The third kappa shape index (κ3) is 3.59. The Bertz CT molecular complexity index is 690. The Morgan fingerprint density at radius 2 is 2.05 bits per heavy atom. The highest BCUT2D eigenvalue weighted by Crippen LogP contribution is 2.26. The number of nitrogens with zero attached hydrogens (tertiary/aromatic N) is 1. The highest BCUT2D eigenvalue weighted by molar-refractivity contribution is 5.39. The molecule has 0 aliphatic heterocycles. The van der Waals surface area contributed by atoms with Gasteiger partial charge in [-0.15, -0.1) is 0 Å². The first-order valence-corrected chi connectivity index (χ1v) is 6.68. The van der Waals surface area contributed by atoms with Gasteiger partial charge in [0.25, 0.3) is 0 Å². The Kier molecular flexibility index (Phi) is 4.56. The second-order valence-electron chi connectivity index (χ2n) is 5.04. The van der Waals surface area contributed by atoms with Crippen LogP contribution in [0.15, 0.2) is 36.4 Å². The Morgan fingerprint density at radius 3 is 2.67 bits per heavy atom. The van der Waals surface area contributed by atoms with Crippen molar-refractivity contribution in [2.75, 3.05) is 0 Å². The van der Waals surface area contributed by atoms with Gasteiger partial charge in [-0.3, -0.25) is 0 Å². The normalized spacial score (nSPS) is 11.8. The van der Waals surface area contributed by atoms with Crippen LogP contribution < -0.4 is 10.5 Å². The van der Waals surface area contributed by atoms with E-state index in [2.05, 4.69) is 0 Å². The van der Waals surface area contributed by atoms with Crippen molar-refractivity contribution in [1.82, 2.24) is 0 Å². The molecule has 0 aromatic heterocycles. The lowest BCUT2D eigenvalue weighted by molar-refractivity contribution is 0.295. The predicted octanol–water partition coefficient (Wildman–Crippen LogP) is 3.60. The fourth-order valence-corrected chi connectivity index (χ4v) is 2.03. The Hall–Kier alpha value is -2.38. The number of hydrogen-bond acceptors (Lipinski definition) is 3. The average molecular weight is 284 g/mol. The lowest BCUT2D eigenvalue weighted by Gasteiger charge is -2.15. The highest BCUT2D eigenvalue weighted by Gasteiger charge is 2.10. The fraction of sp³-hybridized carbons (Fsp3) is 0.235. The highest BCUT2D eigenvalue weighted by atomic mass is 19.1. The molecule has 2 aromatic rings. The molecule has 0 heterocycles. The molecule has 0 saturated carbocycles. The molecular weight excluding hydrogens is 267 g/mol. The van der Waals surface area contributed by atoms with Gasteiger partial charge in [0.2, 0.25) is 0 Å². The smallest absolute Gasteiger partial charge is 0.131 e. The van der Waals surface area contributed by atoms with Crippen molar-refractivity contribution in [2.45, 2.75) is 26.5 Å². The maximum atomic E-state index is 13.8. The average Bonchev–Trinajstić information content (AvgIpc) is 2.45. The van der Waals surface area contributed by atoms with Crippen molar-refractivity contribution in [3.63, 3.8) is 0 Å². The minimum absolute atomic E-state index is 0.0979. The van der Waals surface area contributed by atoms with Crippen LogP contribution in [-0.4, -0.2) is 0 Å². The maximum Gasteiger partial charge on any atom is 0.131 e. The number of nitriles is 1. The summed E-state index contributed by atoms with van der Waals surface area (Å²) in [6.07, 6.45) is 0. The first-order chi connectivity index (χ1) is 10.0. The topological polar surface area (TPSA) is 59.0 Å². The standard InChI is InChI=1S/C17H17FN2O/c1-11-3-6-15(12(2)20)17(7-11)21-10-14-5-4-13(9-19)8-16(14)18/h3-8,12H,10,20H2,1-2H3/t12-/m0/s1. The van der Waals surface area contributed by atoms with Gasteiger partial charge >= 0.3 is 0 Å². The zero-order chi connectivity index (χ0) is 15.4. The van der Waals surface area contributed by atoms with Crippen LogP contribution in [0, 0.1) is 24.1 Å². The van der Waals surface area contributed by atoms with E-state index in [1.165, 1.54) is 6.07 Å². The number of hydrogen-bond donors (Lipinski definition) is 1. The van der Waals surface area contributed by atoms with Gasteiger partial charge in [0.1, 0.15) is 18.2 Å². The minimum Gasteiger partial charge on any atom is -0.488 e. The van der Waals surface area contributed by atoms with Gasteiger partial charge in [0.15, 0.2) is 0 Å². The molecule has 0 bridgehead atoms. The van der Waals surface area contributed by atoms with Crippen LogP contribution in [0.25, 0.3) is 0 Å². The Morgan fingerprint density at radius 1 is 1.29 bits per heavy atom. The second kappa shape index (κ2) is 6.38. The number of benzene rings is 2. The summed E-state index contributed by atoms with van der Waals surface area (Å²) in [6, 6.07) is 11.9. The molecule has 1 atom stereocenters. The summed E-state index contributed by atoms with van der Waals surface area (Å²) >= 11 is 0. The van der Waals surface area contributed by atoms with E-state index in [1.807, 2.05) is 38.1 Å². The molecule has 4 heteroatoms. The Labute approximate surface area is 123 Å². The molecule has 0 aliphatic rings. The molecule has 0 fully saturated rings. The molecule has 0 amide bonds. The van der Waals surface area contributed by atoms with Crippen molar-refractivity contribution < 1.29 is 9.13 Å². The van der Waals surface area contributed by atoms with Crippen LogP contribution in [0.3, 0.4) is 0 Å². The Balaban J connectivity index is 2.20. The summed E-state index contributed by atoms with van der Waals surface area (Å²) in [5, 5.41) is 8.73. The third-order valence-corrected chi connectivity index (χ3v) is 3.22. The van der Waals surface area contributed by atoms with Crippen LogP contribution in [0.4, 0.5) is 4.39 Å². The van der Waals surface area contributed by atoms with E-state index in [4.69, 9.17) is 15.7 Å². The van der Waals surface area contributed by atoms with E-state index >= 15 is 0 Å². The molecule has 21 heavy (non-hydrogen) atoms. The molecular formula is C17H17FN2O. The SMILES string of the molecule is Cc1ccc([C@H](C)N)c(OCc2ccc(C#N)cc2F)c1. The van der Waals surface area contributed by atoms with Crippen LogP contribution in [-0.2, 0) is 6.61 Å². The van der Waals surface area contributed by atoms with Crippen molar-refractivity contribution in [2.24, 2.45) is 5.73 Å². The molecule has 0 radical (unpaired) electrons. The zero-order valence-corrected chi connectivity index (χ0v) is 12.1. The van der Waals surface area contributed by atoms with E-state index in [9.17, 15) is 4.39 Å². The maximum absolute atomic E-state index is 13.8. The van der Waals surface area contributed by atoms with E-state index in [0.717, 1.165) is 11.1 Å². The summed E-state index contributed by atoms with van der Waals surface area (Å²) in [6.45, 7) is 3.93. The molecule has 0 unspecified atom stereocenters. The minimum atomic E-state index is -0.441. The van der Waals surface area contributed by atoms with Crippen molar-refractivity contribution in [3.05, 3.63) is 64.5 Å². The molecule has 2 aromatic carbocycles. The van der Waals surface area contributed by atoms with Gasteiger partial charge in [0.05, 0.1) is 11.6 Å². The van der Waals surface area contributed by atoms with Crippen molar-refractivity contribution >= 4 is 0 Å². The first kappa shape index (κ1) is 15.0. The van der Waals surface area contributed by atoms with Crippen LogP contribution in [0.1, 0.15) is 35.2 Å². The second-order valence-corrected chi connectivity index (χ2v) is 5.04. The summed E-state index contributed by atoms with van der Waals surface area (Å²) < 4.78 is 19.5. The third-order valence-electron chi connectivity index (χ3n) is 3.22. The van der Waals surface area contributed by atoms with Gasteiger partial charge < -0.3 is 10.5 Å². The van der Waals surface area contributed by atoms with Crippen LogP contribution in [0.5, 0.6) is 5.75 Å². The number of ether oxygens (including phenoxy) is 1. The van der Waals surface area contributed by atoms with Gasteiger partial charge in [-0.1, -0.05) is 18.2 Å². The lowest BCUT2D eigenvalue weighted by atomic mass is 10.1. The number of rotatable bonds is 4. The van der Waals surface area contributed by atoms with E-state index < -0.39 is 5.82 Å². The predicted molar refractivity (Wildman–Crippen MR) is 79.2 cm³/mol. The van der Waals surface area contributed by atoms with Gasteiger partial charge in [0, 0.05) is 17.2 Å². The monoisotopic (exact) mass is 284 g/mol. The molecule has 0 spiro atoms. The van der Waals surface area contributed by atoms with Crippen molar-refractivity contribution in [3.8, 4) is 11.8 Å². The summed E-state index contributed by atoms with van der Waals surface area (Å²) in [7, 11) is 0. The quantitative estimate of drug-likeness (QED) is 0.933. The van der Waals surface area contributed by atoms with Gasteiger partial charge in [-0.2, -0.15) is 5.26 Å².